The fourth-order valence-corrected chi connectivity index (χ4v) is 1.74. The first-order valence-electron chi connectivity index (χ1n) is 6.71. The smallest absolute Gasteiger partial charge is 0.222 e. The Bertz CT molecular complexity index is 393. The van der Waals surface area contributed by atoms with Crippen LogP contribution in [0.4, 0.5) is 0 Å². The second kappa shape index (κ2) is 8.53. The van der Waals surface area contributed by atoms with Gasteiger partial charge in [-0.25, -0.2) is 0 Å². The fourth-order valence-electron chi connectivity index (χ4n) is 1.74. The molecule has 0 aliphatic rings. The van der Waals surface area contributed by atoms with Crippen molar-refractivity contribution in [1.82, 2.24) is 10.2 Å². The van der Waals surface area contributed by atoms with E-state index >= 15 is 0 Å². The Morgan fingerprint density at radius 1 is 1.42 bits per heavy atom. The number of nitrogens with zero attached hydrogens (tertiary/aromatic N) is 1. The Labute approximate surface area is 115 Å². The third kappa shape index (κ3) is 6.25. The molecule has 0 aromatic heterocycles. The molecule has 0 saturated heterocycles. The first-order chi connectivity index (χ1) is 9.13. The number of benzene rings is 1. The van der Waals surface area contributed by atoms with Crippen LogP contribution in [0.2, 0.25) is 0 Å². The number of carbonyl (C=O) groups excluding carboxylic acids is 1. The lowest BCUT2D eigenvalue weighted by Gasteiger charge is -2.17. The molecular formula is C15H24N2O2. The maximum absolute atomic E-state index is 11.8. The Balaban J connectivity index is 2.23. The number of hydrogen-bond acceptors (Lipinski definition) is 3. The van der Waals surface area contributed by atoms with Gasteiger partial charge in [-0.15, -0.1) is 0 Å². The van der Waals surface area contributed by atoms with Gasteiger partial charge in [0.1, 0.15) is 12.4 Å². The van der Waals surface area contributed by atoms with Gasteiger partial charge in [-0.3, -0.25) is 4.79 Å². The van der Waals surface area contributed by atoms with E-state index in [2.05, 4.69) is 5.32 Å². The maximum Gasteiger partial charge on any atom is 0.222 e. The van der Waals surface area contributed by atoms with Gasteiger partial charge in [-0.2, -0.15) is 0 Å². The zero-order chi connectivity index (χ0) is 14.1. The molecule has 1 N–H and O–H groups in total. The van der Waals surface area contributed by atoms with Gasteiger partial charge in [-0.1, -0.05) is 12.1 Å². The van der Waals surface area contributed by atoms with Crippen LogP contribution in [-0.2, 0) is 4.79 Å². The predicted molar refractivity (Wildman–Crippen MR) is 77.5 cm³/mol. The lowest BCUT2D eigenvalue weighted by molar-refractivity contribution is -0.130. The topological polar surface area (TPSA) is 41.6 Å². The highest BCUT2D eigenvalue weighted by Crippen LogP contribution is 2.12. The lowest BCUT2D eigenvalue weighted by atomic mass is 10.2. The minimum absolute atomic E-state index is 0.170. The summed E-state index contributed by atoms with van der Waals surface area (Å²) < 4.78 is 5.63. The third-order valence-corrected chi connectivity index (χ3v) is 2.93. The number of rotatable bonds is 8. The van der Waals surface area contributed by atoms with E-state index in [9.17, 15) is 4.79 Å². The normalized spacial score (nSPS) is 10.3. The lowest BCUT2D eigenvalue weighted by Crippen LogP contribution is -2.31. The molecule has 0 heterocycles. The van der Waals surface area contributed by atoms with E-state index in [-0.39, 0.29) is 5.91 Å². The van der Waals surface area contributed by atoms with Gasteiger partial charge in [0, 0.05) is 13.5 Å². The van der Waals surface area contributed by atoms with Crippen molar-refractivity contribution in [2.45, 2.75) is 19.8 Å². The summed E-state index contributed by atoms with van der Waals surface area (Å²) >= 11 is 0. The highest BCUT2D eigenvalue weighted by molar-refractivity contribution is 5.75. The number of amides is 1. The molecule has 1 aromatic rings. The quantitative estimate of drug-likeness (QED) is 0.728. The van der Waals surface area contributed by atoms with Crippen LogP contribution in [0.25, 0.3) is 0 Å². The molecule has 0 atom stereocenters. The summed E-state index contributed by atoms with van der Waals surface area (Å²) in [5.41, 5.74) is 1.17. The van der Waals surface area contributed by atoms with E-state index in [0.717, 1.165) is 18.7 Å². The molecule has 0 unspecified atom stereocenters. The molecule has 1 amide bonds. The van der Waals surface area contributed by atoms with Gasteiger partial charge >= 0.3 is 0 Å². The second-order valence-electron chi connectivity index (χ2n) is 4.69. The molecule has 0 aliphatic carbocycles. The van der Waals surface area contributed by atoms with Crippen molar-refractivity contribution in [3.63, 3.8) is 0 Å². The van der Waals surface area contributed by atoms with Gasteiger partial charge in [0.15, 0.2) is 0 Å². The number of likely N-dealkylation sites (N-methyl/N-ethyl adjacent to an activating group) is 1. The van der Waals surface area contributed by atoms with Crippen molar-refractivity contribution in [3.05, 3.63) is 29.8 Å². The van der Waals surface area contributed by atoms with Crippen LogP contribution in [-0.4, -0.2) is 44.6 Å². The van der Waals surface area contributed by atoms with E-state index < -0.39 is 0 Å². The van der Waals surface area contributed by atoms with Crippen LogP contribution in [0.3, 0.4) is 0 Å². The largest absolute Gasteiger partial charge is 0.492 e. The van der Waals surface area contributed by atoms with Crippen LogP contribution in [0, 0.1) is 6.92 Å². The molecular weight excluding hydrogens is 240 g/mol. The van der Waals surface area contributed by atoms with E-state index in [1.807, 2.05) is 45.3 Å². The van der Waals surface area contributed by atoms with E-state index in [0.29, 0.717) is 19.6 Å². The Morgan fingerprint density at radius 2 is 2.21 bits per heavy atom. The minimum atomic E-state index is 0.170. The van der Waals surface area contributed by atoms with Crippen molar-refractivity contribution >= 4 is 5.91 Å². The van der Waals surface area contributed by atoms with Crippen LogP contribution in [0.5, 0.6) is 5.75 Å². The monoisotopic (exact) mass is 264 g/mol. The Morgan fingerprint density at radius 3 is 2.89 bits per heavy atom. The Hall–Kier alpha value is -1.55. The highest BCUT2D eigenvalue weighted by Gasteiger charge is 2.07. The van der Waals surface area contributed by atoms with Crippen LogP contribution >= 0.6 is 0 Å². The average Bonchev–Trinajstić information content (AvgIpc) is 2.39. The molecule has 0 saturated carbocycles. The molecule has 0 bridgehead atoms. The first kappa shape index (κ1) is 15.5. The molecule has 4 heteroatoms. The summed E-state index contributed by atoms with van der Waals surface area (Å²) in [5, 5.41) is 3.04. The first-order valence-corrected chi connectivity index (χ1v) is 6.71. The summed E-state index contributed by atoms with van der Waals surface area (Å²) in [5.74, 6) is 1.03. The minimum Gasteiger partial charge on any atom is -0.492 e. The molecule has 1 rings (SSSR count). The predicted octanol–water partition coefficient (Wildman–Crippen LogP) is 1.83. The highest BCUT2D eigenvalue weighted by atomic mass is 16.5. The van der Waals surface area contributed by atoms with Crippen molar-refractivity contribution in [2.75, 3.05) is 33.8 Å². The molecule has 106 valence electrons. The summed E-state index contributed by atoms with van der Waals surface area (Å²) in [6, 6.07) is 7.93. The standard InChI is InChI=1S/C15H24N2O2/c1-13-6-4-7-14(12-13)19-11-10-17(3)15(18)8-5-9-16-2/h4,6-7,12,16H,5,8-11H2,1-3H3. The zero-order valence-electron chi connectivity index (χ0n) is 12.1. The van der Waals surface area contributed by atoms with Crippen molar-refractivity contribution in [2.24, 2.45) is 0 Å². The van der Waals surface area contributed by atoms with E-state index in [1.165, 1.54) is 5.56 Å². The molecule has 0 radical (unpaired) electrons. The maximum atomic E-state index is 11.8. The van der Waals surface area contributed by atoms with Crippen molar-refractivity contribution in [1.29, 1.82) is 0 Å². The number of hydrogen-bond donors (Lipinski definition) is 1. The number of nitrogens with one attached hydrogen (secondary N) is 1. The summed E-state index contributed by atoms with van der Waals surface area (Å²) in [4.78, 5) is 13.5. The molecule has 1 aromatic carbocycles. The number of carbonyl (C=O) groups is 1. The van der Waals surface area contributed by atoms with Crippen molar-refractivity contribution in [3.8, 4) is 5.75 Å². The van der Waals surface area contributed by atoms with Crippen LogP contribution < -0.4 is 10.1 Å². The SMILES string of the molecule is CNCCCC(=O)N(C)CCOc1cccc(C)c1. The molecule has 19 heavy (non-hydrogen) atoms. The van der Waals surface area contributed by atoms with Gasteiger partial charge in [0.2, 0.25) is 5.91 Å². The van der Waals surface area contributed by atoms with Crippen molar-refractivity contribution < 1.29 is 9.53 Å². The van der Waals surface area contributed by atoms with Gasteiger partial charge < -0.3 is 15.0 Å². The zero-order valence-corrected chi connectivity index (χ0v) is 12.1. The number of ether oxygens (including phenoxy) is 1. The molecule has 4 nitrogen and oxygen atoms in total. The fraction of sp³-hybridized carbons (Fsp3) is 0.533. The summed E-state index contributed by atoms with van der Waals surface area (Å²) in [6.07, 6.45) is 1.46. The Kier molecular flexibility index (Phi) is 6.97. The molecule has 0 aliphatic heterocycles. The second-order valence-corrected chi connectivity index (χ2v) is 4.69. The molecule has 0 fully saturated rings. The van der Waals surface area contributed by atoms with Gasteiger partial charge in [-0.05, 0) is 44.6 Å². The van der Waals surface area contributed by atoms with Gasteiger partial charge in [0.05, 0.1) is 6.54 Å². The van der Waals surface area contributed by atoms with Crippen LogP contribution in [0.1, 0.15) is 18.4 Å². The van der Waals surface area contributed by atoms with E-state index in [4.69, 9.17) is 4.74 Å². The summed E-state index contributed by atoms with van der Waals surface area (Å²) in [7, 11) is 3.71. The van der Waals surface area contributed by atoms with E-state index in [1.54, 1.807) is 4.90 Å². The summed E-state index contributed by atoms with van der Waals surface area (Å²) in [6.45, 7) is 4.05. The molecule has 0 spiro atoms. The van der Waals surface area contributed by atoms with Gasteiger partial charge in [0.25, 0.3) is 0 Å². The van der Waals surface area contributed by atoms with Crippen LogP contribution in [0.15, 0.2) is 24.3 Å². The third-order valence-electron chi connectivity index (χ3n) is 2.93. The average molecular weight is 264 g/mol. The number of aryl methyl sites for hydroxylation is 1.